The van der Waals surface area contributed by atoms with E-state index in [1.165, 1.54) is 10.5 Å². The third kappa shape index (κ3) is 3.09. The van der Waals surface area contributed by atoms with Gasteiger partial charge in [0.2, 0.25) is 0 Å². The summed E-state index contributed by atoms with van der Waals surface area (Å²) in [5, 5.41) is 5.86. The molecule has 0 radical (unpaired) electrons. The van der Waals surface area contributed by atoms with E-state index in [1.807, 2.05) is 0 Å². The number of hydrogen-bond acceptors (Lipinski definition) is 6. The van der Waals surface area contributed by atoms with Crippen molar-refractivity contribution in [3.05, 3.63) is 11.8 Å². The summed E-state index contributed by atoms with van der Waals surface area (Å²) in [6.45, 7) is 2.47. The maximum Gasteiger partial charge on any atom is 0.342 e. The Labute approximate surface area is 123 Å². The Bertz CT molecular complexity index is 598. The summed E-state index contributed by atoms with van der Waals surface area (Å²) >= 11 is 0. The minimum absolute atomic E-state index is 0.0711. The summed E-state index contributed by atoms with van der Waals surface area (Å²) in [4.78, 5) is 11.8. The zero-order valence-electron chi connectivity index (χ0n) is 11.9. The van der Waals surface area contributed by atoms with Gasteiger partial charge in [0.25, 0.3) is 10.0 Å². The number of H-pyrrole nitrogens is 1. The van der Waals surface area contributed by atoms with Crippen LogP contribution in [0.4, 0.5) is 0 Å². The quantitative estimate of drug-likeness (QED) is 0.743. The summed E-state index contributed by atoms with van der Waals surface area (Å²) < 4.78 is 31.7. The number of aromatic amines is 1. The Hall–Kier alpha value is -1.45. The topological polar surface area (TPSA) is 118 Å². The zero-order chi connectivity index (χ0) is 15.5. The summed E-state index contributed by atoms with van der Waals surface area (Å²) in [6, 6.07) is -0.248. The molecule has 2 rings (SSSR count). The van der Waals surface area contributed by atoms with E-state index in [2.05, 4.69) is 10.2 Å². The van der Waals surface area contributed by atoms with E-state index < -0.39 is 16.0 Å². The predicted molar refractivity (Wildman–Crippen MR) is 75.1 cm³/mol. The van der Waals surface area contributed by atoms with Gasteiger partial charge in [-0.25, -0.2) is 13.2 Å². The van der Waals surface area contributed by atoms with Crippen molar-refractivity contribution in [1.29, 1.82) is 0 Å². The number of carbonyl (C=O) groups is 1. The van der Waals surface area contributed by atoms with E-state index in [4.69, 9.17) is 10.5 Å². The molecule has 1 aromatic rings. The molecule has 0 aromatic carbocycles. The second-order valence-corrected chi connectivity index (χ2v) is 6.66. The van der Waals surface area contributed by atoms with E-state index in [0.717, 1.165) is 19.3 Å². The van der Waals surface area contributed by atoms with Crippen LogP contribution in [0, 0.1) is 0 Å². The fourth-order valence-electron chi connectivity index (χ4n) is 2.47. The average molecular weight is 316 g/mol. The fraction of sp³-hybridized carbons (Fsp3) is 0.667. The van der Waals surface area contributed by atoms with Gasteiger partial charge in [-0.05, 0) is 19.8 Å². The molecule has 1 aliphatic rings. The molecule has 1 unspecified atom stereocenters. The van der Waals surface area contributed by atoms with Crippen molar-refractivity contribution >= 4 is 16.0 Å². The lowest BCUT2D eigenvalue weighted by atomic mass is 10.1. The molecule has 1 saturated heterocycles. The molecule has 1 aliphatic heterocycles. The minimum atomic E-state index is -3.84. The van der Waals surface area contributed by atoms with Crippen LogP contribution >= 0.6 is 0 Å². The molecule has 3 N–H and O–H groups in total. The van der Waals surface area contributed by atoms with E-state index in [1.54, 1.807) is 6.92 Å². The number of ether oxygens (including phenoxy) is 1. The second-order valence-electron chi connectivity index (χ2n) is 4.83. The molecule has 118 valence electrons. The highest BCUT2D eigenvalue weighted by molar-refractivity contribution is 7.89. The number of nitrogens with one attached hydrogen (secondary N) is 1. The van der Waals surface area contributed by atoms with Crippen molar-refractivity contribution in [2.45, 2.75) is 37.3 Å². The van der Waals surface area contributed by atoms with Crippen molar-refractivity contribution in [3.8, 4) is 0 Å². The molecule has 0 saturated carbocycles. The minimum Gasteiger partial charge on any atom is -0.462 e. The van der Waals surface area contributed by atoms with Gasteiger partial charge in [0.05, 0.1) is 12.8 Å². The van der Waals surface area contributed by atoms with Crippen molar-refractivity contribution in [3.63, 3.8) is 0 Å². The Morgan fingerprint density at radius 1 is 1.57 bits per heavy atom. The number of esters is 1. The van der Waals surface area contributed by atoms with E-state index in [0.29, 0.717) is 6.54 Å². The first-order valence-corrected chi connectivity index (χ1v) is 8.38. The standard InChI is InChI=1S/C12H20N4O4S/c1-2-20-12(17)10-8-14-15-11(10)21(18,19)16-6-4-3-5-9(16)7-13/h8-9H,2-7,13H2,1H3,(H,14,15). The Morgan fingerprint density at radius 2 is 2.33 bits per heavy atom. The highest BCUT2D eigenvalue weighted by atomic mass is 32.2. The molecule has 1 fully saturated rings. The Balaban J connectivity index is 2.35. The molecule has 0 bridgehead atoms. The van der Waals surface area contributed by atoms with Crippen LogP contribution in [0.1, 0.15) is 36.5 Å². The lowest BCUT2D eigenvalue weighted by molar-refractivity contribution is 0.0521. The van der Waals surface area contributed by atoms with Gasteiger partial charge < -0.3 is 10.5 Å². The zero-order valence-corrected chi connectivity index (χ0v) is 12.7. The summed E-state index contributed by atoms with van der Waals surface area (Å²) in [6.07, 6.45) is 3.62. The number of carbonyl (C=O) groups excluding carboxylic acids is 1. The van der Waals surface area contributed by atoms with Crippen LogP contribution in [-0.2, 0) is 14.8 Å². The molecule has 8 nitrogen and oxygen atoms in total. The number of nitrogens with two attached hydrogens (primary N) is 1. The largest absolute Gasteiger partial charge is 0.462 e. The van der Waals surface area contributed by atoms with Crippen LogP contribution < -0.4 is 5.73 Å². The van der Waals surface area contributed by atoms with Gasteiger partial charge in [0.1, 0.15) is 5.56 Å². The van der Waals surface area contributed by atoms with Crippen LogP contribution in [0.2, 0.25) is 0 Å². The van der Waals surface area contributed by atoms with Gasteiger partial charge in [-0.3, -0.25) is 5.10 Å². The Morgan fingerprint density at radius 3 is 3.00 bits per heavy atom. The van der Waals surface area contributed by atoms with Crippen LogP contribution in [-0.4, -0.2) is 54.6 Å². The number of hydrogen-bond donors (Lipinski definition) is 2. The molecule has 9 heteroatoms. The lowest BCUT2D eigenvalue weighted by Gasteiger charge is -2.33. The number of sulfonamides is 1. The van der Waals surface area contributed by atoms with Crippen LogP contribution in [0.5, 0.6) is 0 Å². The number of rotatable bonds is 5. The van der Waals surface area contributed by atoms with Gasteiger partial charge in [-0.1, -0.05) is 6.42 Å². The maximum atomic E-state index is 12.7. The van der Waals surface area contributed by atoms with Crippen LogP contribution in [0.25, 0.3) is 0 Å². The van der Waals surface area contributed by atoms with Crippen molar-refractivity contribution < 1.29 is 17.9 Å². The molecule has 21 heavy (non-hydrogen) atoms. The van der Waals surface area contributed by atoms with Crippen molar-refractivity contribution in [2.24, 2.45) is 5.73 Å². The normalized spacial score (nSPS) is 20.4. The first-order valence-electron chi connectivity index (χ1n) is 6.94. The molecule has 1 aromatic heterocycles. The fourth-order valence-corrected chi connectivity index (χ4v) is 4.24. The third-order valence-electron chi connectivity index (χ3n) is 3.51. The number of nitrogens with zero attached hydrogens (tertiary/aromatic N) is 2. The summed E-state index contributed by atoms with van der Waals surface area (Å²) in [5.41, 5.74) is 5.59. The molecule has 0 aliphatic carbocycles. The molecular formula is C12H20N4O4S. The predicted octanol–water partition coefficient (Wildman–Crippen LogP) is 0.0883. The SMILES string of the molecule is CCOC(=O)c1cn[nH]c1S(=O)(=O)N1CCCCC1CN. The first kappa shape index (κ1) is 15.9. The molecule has 0 amide bonds. The number of piperidine rings is 1. The van der Waals surface area contributed by atoms with Gasteiger partial charge in [-0.2, -0.15) is 9.40 Å². The number of aromatic nitrogens is 2. The monoisotopic (exact) mass is 316 g/mol. The first-order chi connectivity index (χ1) is 10.0. The Kier molecular flexibility index (Phi) is 4.96. The maximum absolute atomic E-state index is 12.7. The highest BCUT2D eigenvalue weighted by Crippen LogP contribution is 2.25. The molecule has 0 spiro atoms. The van der Waals surface area contributed by atoms with E-state index in [-0.39, 0.29) is 29.8 Å². The van der Waals surface area contributed by atoms with Gasteiger partial charge in [-0.15, -0.1) is 0 Å². The van der Waals surface area contributed by atoms with Gasteiger partial charge in [0, 0.05) is 19.1 Å². The summed E-state index contributed by atoms with van der Waals surface area (Å²) in [5.74, 6) is -0.703. The van der Waals surface area contributed by atoms with Crippen LogP contribution in [0.3, 0.4) is 0 Å². The van der Waals surface area contributed by atoms with Crippen molar-refractivity contribution in [1.82, 2.24) is 14.5 Å². The summed E-state index contributed by atoms with van der Waals surface area (Å²) in [7, 11) is -3.84. The van der Waals surface area contributed by atoms with Gasteiger partial charge in [0.15, 0.2) is 5.03 Å². The molecular weight excluding hydrogens is 296 g/mol. The van der Waals surface area contributed by atoms with Crippen LogP contribution in [0.15, 0.2) is 11.2 Å². The van der Waals surface area contributed by atoms with E-state index >= 15 is 0 Å². The van der Waals surface area contributed by atoms with E-state index in [9.17, 15) is 13.2 Å². The lowest BCUT2D eigenvalue weighted by Crippen LogP contribution is -2.47. The highest BCUT2D eigenvalue weighted by Gasteiger charge is 2.36. The van der Waals surface area contributed by atoms with Gasteiger partial charge >= 0.3 is 5.97 Å². The third-order valence-corrected chi connectivity index (χ3v) is 5.44. The van der Waals surface area contributed by atoms with Crippen molar-refractivity contribution in [2.75, 3.05) is 19.7 Å². The smallest absolute Gasteiger partial charge is 0.342 e. The molecule has 2 heterocycles. The second kappa shape index (κ2) is 6.54. The molecule has 1 atom stereocenters. The average Bonchev–Trinajstić information content (AvgIpc) is 2.97.